The number of hydrogen-bond acceptors (Lipinski definition) is 6. The quantitative estimate of drug-likeness (QED) is 0.552. The molecule has 2 rings (SSSR count). The summed E-state index contributed by atoms with van der Waals surface area (Å²) in [5, 5.41) is 12.1. The number of thioether (sulfide) groups is 1. The molecular formula is C15H28N6OS. The fourth-order valence-electron chi connectivity index (χ4n) is 3.07. The molecule has 0 atom stereocenters. The SMILES string of the molecule is CN(C)C1CCC(N(C)C(=O)CCCSc2nnnn2C)CC1. The molecule has 8 heteroatoms. The molecule has 23 heavy (non-hydrogen) atoms. The van der Waals surface area contributed by atoms with E-state index in [0.29, 0.717) is 18.5 Å². The Kier molecular flexibility index (Phi) is 6.83. The lowest BCUT2D eigenvalue weighted by molar-refractivity contribution is -0.132. The van der Waals surface area contributed by atoms with Gasteiger partial charge < -0.3 is 9.80 Å². The van der Waals surface area contributed by atoms with Gasteiger partial charge >= 0.3 is 0 Å². The van der Waals surface area contributed by atoms with Gasteiger partial charge in [-0.25, -0.2) is 4.68 Å². The van der Waals surface area contributed by atoms with Crippen LogP contribution in [-0.4, -0.2) is 74.9 Å². The maximum atomic E-state index is 12.3. The number of hydrogen-bond donors (Lipinski definition) is 0. The molecule has 1 amide bonds. The van der Waals surface area contributed by atoms with Crippen molar-refractivity contribution in [3.05, 3.63) is 0 Å². The summed E-state index contributed by atoms with van der Waals surface area (Å²) in [6.07, 6.45) is 6.06. The number of carbonyl (C=O) groups is 1. The standard InChI is InChI=1S/C15H28N6OS/c1-19(2)12-7-9-13(10-8-12)20(3)14(22)6-5-11-23-15-16-17-18-21(15)4/h12-13H,5-11H2,1-4H3. The van der Waals surface area contributed by atoms with E-state index < -0.39 is 0 Å². The van der Waals surface area contributed by atoms with Gasteiger partial charge in [-0.2, -0.15) is 0 Å². The first-order chi connectivity index (χ1) is 11.0. The second kappa shape index (κ2) is 8.63. The third kappa shape index (κ3) is 5.17. The topological polar surface area (TPSA) is 67.2 Å². The Morgan fingerprint density at radius 1 is 1.22 bits per heavy atom. The summed E-state index contributed by atoms with van der Waals surface area (Å²) < 4.78 is 1.65. The Labute approximate surface area is 142 Å². The molecule has 0 aromatic carbocycles. The molecule has 7 nitrogen and oxygen atoms in total. The number of tetrazole rings is 1. The van der Waals surface area contributed by atoms with Crippen LogP contribution in [0.5, 0.6) is 0 Å². The molecule has 1 aliphatic carbocycles. The second-order valence-corrected chi connectivity index (χ2v) is 7.53. The molecule has 0 bridgehead atoms. The minimum atomic E-state index is 0.259. The van der Waals surface area contributed by atoms with Gasteiger partial charge in [0.2, 0.25) is 11.1 Å². The van der Waals surface area contributed by atoms with Crippen LogP contribution >= 0.6 is 11.8 Å². The van der Waals surface area contributed by atoms with Gasteiger partial charge in [0.25, 0.3) is 0 Å². The predicted molar refractivity (Wildman–Crippen MR) is 91.3 cm³/mol. The number of amides is 1. The smallest absolute Gasteiger partial charge is 0.222 e. The van der Waals surface area contributed by atoms with Crippen molar-refractivity contribution in [3.8, 4) is 0 Å². The molecule has 1 aliphatic rings. The highest BCUT2D eigenvalue weighted by molar-refractivity contribution is 7.99. The van der Waals surface area contributed by atoms with Crippen LogP contribution in [0, 0.1) is 0 Å². The highest BCUT2D eigenvalue weighted by Gasteiger charge is 2.27. The summed E-state index contributed by atoms with van der Waals surface area (Å²) in [5.41, 5.74) is 0. The lowest BCUT2D eigenvalue weighted by Gasteiger charge is -2.37. The molecule has 1 saturated carbocycles. The average molecular weight is 340 g/mol. The summed E-state index contributed by atoms with van der Waals surface area (Å²) in [7, 11) is 8.07. The molecule has 130 valence electrons. The van der Waals surface area contributed by atoms with Gasteiger partial charge in [-0.15, -0.1) is 5.10 Å². The lowest BCUT2D eigenvalue weighted by Crippen LogP contribution is -2.42. The van der Waals surface area contributed by atoms with Crippen LogP contribution in [0.3, 0.4) is 0 Å². The Balaban J connectivity index is 1.66. The molecule has 1 heterocycles. The molecule has 1 fully saturated rings. The highest BCUT2D eigenvalue weighted by Crippen LogP contribution is 2.25. The summed E-state index contributed by atoms with van der Waals surface area (Å²) in [4.78, 5) is 16.6. The van der Waals surface area contributed by atoms with E-state index >= 15 is 0 Å². The van der Waals surface area contributed by atoms with E-state index in [9.17, 15) is 4.79 Å². The average Bonchev–Trinajstić information content (AvgIpc) is 2.96. The monoisotopic (exact) mass is 340 g/mol. The van der Waals surface area contributed by atoms with Crippen LogP contribution in [0.15, 0.2) is 5.16 Å². The predicted octanol–water partition coefficient (Wildman–Crippen LogP) is 1.41. The van der Waals surface area contributed by atoms with Crippen LogP contribution in [0.4, 0.5) is 0 Å². The van der Waals surface area contributed by atoms with E-state index in [-0.39, 0.29) is 5.91 Å². The number of aromatic nitrogens is 4. The normalized spacial score (nSPS) is 21.6. The largest absolute Gasteiger partial charge is 0.343 e. The van der Waals surface area contributed by atoms with E-state index in [2.05, 4.69) is 34.5 Å². The maximum Gasteiger partial charge on any atom is 0.222 e. The van der Waals surface area contributed by atoms with Crippen molar-refractivity contribution < 1.29 is 4.79 Å². The highest BCUT2D eigenvalue weighted by atomic mass is 32.2. The summed E-state index contributed by atoms with van der Waals surface area (Å²) in [6, 6.07) is 1.08. The zero-order chi connectivity index (χ0) is 16.8. The number of aryl methyl sites for hydroxylation is 1. The zero-order valence-electron chi connectivity index (χ0n) is 14.6. The van der Waals surface area contributed by atoms with Crippen LogP contribution in [0.25, 0.3) is 0 Å². The Morgan fingerprint density at radius 2 is 1.87 bits per heavy atom. The fraction of sp³-hybridized carbons (Fsp3) is 0.867. The van der Waals surface area contributed by atoms with Gasteiger partial charge in [0.1, 0.15) is 0 Å². The molecule has 0 aliphatic heterocycles. The minimum Gasteiger partial charge on any atom is -0.343 e. The van der Waals surface area contributed by atoms with Gasteiger partial charge in [-0.3, -0.25) is 4.79 Å². The van der Waals surface area contributed by atoms with Crippen molar-refractivity contribution in [1.29, 1.82) is 0 Å². The Hall–Kier alpha value is -1.15. The summed E-state index contributed by atoms with van der Waals surface area (Å²) in [5.74, 6) is 1.12. The van der Waals surface area contributed by atoms with Crippen molar-refractivity contribution in [2.24, 2.45) is 7.05 Å². The fourth-order valence-corrected chi connectivity index (χ4v) is 3.86. The van der Waals surface area contributed by atoms with Crippen LogP contribution in [-0.2, 0) is 11.8 Å². The van der Waals surface area contributed by atoms with Gasteiger partial charge in [0, 0.05) is 38.4 Å². The van der Waals surface area contributed by atoms with Gasteiger partial charge in [0.15, 0.2) is 0 Å². The van der Waals surface area contributed by atoms with E-state index in [1.165, 1.54) is 12.8 Å². The maximum absolute atomic E-state index is 12.3. The molecule has 0 radical (unpaired) electrons. The summed E-state index contributed by atoms with van der Waals surface area (Å²) in [6.45, 7) is 0. The molecule has 0 N–H and O–H groups in total. The van der Waals surface area contributed by atoms with Crippen LogP contribution in [0.2, 0.25) is 0 Å². The minimum absolute atomic E-state index is 0.259. The van der Waals surface area contributed by atoms with E-state index in [4.69, 9.17) is 0 Å². The third-order valence-electron chi connectivity index (χ3n) is 4.69. The number of rotatable bonds is 7. The zero-order valence-corrected chi connectivity index (χ0v) is 15.4. The molecular weight excluding hydrogens is 312 g/mol. The van der Waals surface area contributed by atoms with Gasteiger partial charge in [-0.1, -0.05) is 11.8 Å². The van der Waals surface area contributed by atoms with Crippen molar-refractivity contribution in [1.82, 2.24) is 30.0 Å². The second-order valence-electron chi connectivity index (χ2n) is 6.47. The van der Waals surface area contributed by atoms with E-state index in [0.717, 1.165) is 30.2 Å². The molecule has 0 saturated heterocycles. The first-order valence-electron chi connectivity index (χ1n) is 8.26. The number of nitrogens with zero attached hydrogens (tertiary/aromatic N) is 6. The van der Waals surface area contributed by atoms with Crippen LogP contribution in [0.1, 0.15) is 38.5 Å². The number of carbonyl (C=O) groups excluding carboxylic acids is 1. The molecule has 1 aromatic rings. The van der Waals surface area contributed by atoms with E-state index in [1.54, 1.807) is 16.4 Å². The molecule has 1 aromatic heterocycles. The molecule has 0 unspecified atom stereocenters. The Bertz CT molecular complexity index is 498. The van der Waals surface area contributed by atoms with Crippen LogP contribution < -0.4 is 0 Å². The third-order valence-corrected chi connectivity index (χ3v) is 5.78. The van der Waals surface area contributed by atoms with Crippen molar-refractivity contribution in [3.63, 3.8) is 0 Å². The first kappa shape index (κ1) is 18.2. The molecule has 0 spiro atoms. The first-order valence-corrected chi connectivity index (χ1v) is 9.25. The van der Waals surface area contributed by atoms with Crippen molar-refractivity contribution >= 4 is 17.7 Å². The van der Waals surface area contributed by atoms with Crippen molar-refractivity contribution in [2.45, 2.75) is 55.8 Å². The van der Waals surface area contributed by atoms with Gasteiger partial charge in [-0.05, 0) is 56.6 Å². The summed E-state index contributed by atoms with van der Waals surface area (Å²) >= 11 is 1.60. The Morgan fingerprint density at radius 3 is 2.43 bits per heavy atom. The lowest BCUT2D eigenvalue weighted by atomic mass is 9.89. The van der Waals surface area contributed by atoms with E-state index in [1.807, 2.05) is 19.0 Å². The van der Waals surface area contributed by atoms with Gasteiger partial charge in [0.05, 0.1) is 0 Å². The van der Waals surface area contributed by atoms with Crippen molar-refractivity contribution in [2.75, 3.05) is 26.9 Å².